The van der Waals surface area contributed by atoms with E-state index in [1.54, 1.807) is 0 Å². The Bertz CT molecular complexity index is 149. The maximum atomic E-state index is 10.8. The molecule has 0 spiro atoms. The van der Waals surface area contributed by atoms with Gasteiger partial charge in [-0.05, 0) is 6.92 Å². The van der Waals surface area contributed by atoms with Crippen LogP contribution in [0.25, 0.3) is 0 Å². The van der Waals surface area contributed by atoms with Crippen LogP contribution in [0.5, 0.6) is 0 Å². The van der Waals surface area contributed by atoms with Gasteiger partial charge in [0.05, 0.1) is 13.0 Å². The largest absolute Gasteiger partial charge is 0.368 e. The van der Waals surface area contributed by atoms with Crippen LogP contribution in [0.4, 0.5) is 0 Å². The third-order valence-electron chi connectivity index (χ3n) is 1.03. The van der Waals surface area contributed by atoms with Gasteiger partial charge in [-0.1, -0.05) is 5.92 Å². The minimum Gasteiger partial charge on any atom is -0.368 e. The smallest absolute Gasteiger partial charge is 0.222 e. The molecule has 0 saturated carbocycles. The molecule has 3 heteroatoms. The van der Waals surface area contributed by atoms with Crippen LogP contribution in [0.2, 0.25) is 0 Å². The molecule has 0 aromatic rings. The Balaban J connectivity index is 3.12. The van der Waals surface area contributed by atoms with E-state index in [1.807, 2.05) is 6.92 Å². The standard InChI is InChI=1S/C8H13NO2/c1-3-6-11-7-5-8(10)9-4-2/h1H,4-7H2,2H3,(H,9,10). The molecule has 0 aliphatic rings. The van der Waals surface area contributed by atoms with Crippen LogP contribution >= 0.6 is 0 Å². The Morgan fingerprint density at radius 1 is 1.73 bits per heavy atom. The summed E-state index contributed by atoms with van der Waals surface area (Å²) in [5.74, 6) is 2.32. The Labute approximate surface area is 67.1 Å². The molecule has 0 unspecified atom stereocenters. The summed E-state index contributed by atoms with van der Waals surface area (Å²) in [5.41, 5.74) is 0. The Morgan fingerprint density at radius 3 is 3.00 bits per heavy atom. The summed E-state index contributed by atoms with van der Waals surface area (Å²) < 4.78 is 4.90. The van der Waals surface area contributed by atoms with Crippen LogP contribution in [0, 0.1) is 12.3 Å². The summed E-state index contributed by atoms with van der Waals surface area (Å²) in [6.07, 6.45) is 5.31. The Hall–Kier alpha value is -1.01. The number of carbonyl (C=O) groups excluding carboxylic acids is 1. The highest BCUT2D eigenvalue weighted by Gasteiger charge is 1.96. The number of carbonyl (C=O) groups is 1. The fourth-order valence-electron chi connectivity index (χ4n) is 0.582. The number of terminal acetylenes is 1. The summed E-state index contributed by atoms with van der Waals surface area (Å²) in [6, 6.07) is 0. The number of hydrogen-bond donors (Lipinski definition) is 1. The van der Waals surface area contributed by atoms with Crippen molar-refractivity contribution in [2.45, 2.75) is 13.3 Å². The molecule has 11 heavy (non-hydrogen) atoms. The second-order valence-electron chi connectivity index (χ2n) is 1.96. The van der Waals surface area contributed by atoms with E-state index in [2.05, 4.69) is 11.2 Å². The molecule has 0 radical (unpaired) electrons. The van der Waals surface area contributed by atoms with Gasteiger partial charge in [-0.25, -0.2) is 0 Å². The molecule has 0 aliphatic carbocycles. The van der Waals surface area contributed by atoms with Crippen LogP contribution in [-0.4, -0.2) is 25.7 Å². The second kappa shape index (κ2) is 7.10. The predicted molar refractivity (Wildman–Crippen MR) is 43.0 cm³/mol. The van der Waals surface area contributed by atoms with Crippen molar-refractivity contribution >= 4 is 5.91 Å². The van der Waals surface area contributed by atoms with Crippen LogP contribution in [0.3, 0.4) is 0 Å². The van der Waals surface area contributed by atoms with Gasteiger partial charge in [-0.2, -0.15) is 0 Å². The summed E-state index contributed by atoms with van der Waals surface area (Å²) in [6.45, 7) is 3.21. The predicted octanol–water partition coefficient (Wildman–Crippen LogP) is 0.162. The summed E-state index contributed by atoms with van der Waals surface area (Å²) in [7, 11) is 0. The fourth-order valence-corrected chi connectivity index (χ4v) is 0.582. The van der Waals surface area contributed by atoms with Crippen molar-refractivity contribution in [2.24, 2.45) is 0 Å². The highest BCUT2D eigenvalue weighted by molar-refractivity contribution is 5.75. The van der Waals surface area contributed by atoms with E-state index < -0.39 is 0 Å². The molecular weight excluding hydrogens is 142 g/mol. The Morgan fingerprint density at radius 2 is 2.45 bits per heavy atom. The topological polar surface area (TPSA) is 38.3 Å². The van der Waals surface area contributed by atoms with Crippen LogP contribution in [0.15, 0.2) is 0 Å². The van der Waals surface area contributed by atoms with Gasteiger partial charge in [-0.15, -0.1) is 6.42 Å². The molecule has 0 rings (SSSR count). The summed E-state index contributed by atoms with van der Waals surface area (Å²) >= 11 is 0. The molecule has 0 bridgehead atoms. The minimum absolute atomic E-state index is 0.00419. The van der Waals surface area contributed by atoms with E-state index in [9.17, 15) is 4.79 Å². The van der Waals surface area contributed by atoms with Gasteiger partial charge < -0.3 is 10.1 Å². The van der Waals surface area contributed by atoms with Gasteiger partial charge in [0.25, 0.3) is 0 Å². The zero-order chi connectivity index (χ0) is 8.53. The minimum atomic E-state index is 0.00419. The van der Waals surface area contributed by atoms with Gasteiger partial charge in [0.2, 0.25) is 5.91 Å². The van der Waals surface area contributed by atoms with E-state index in [0.717, 1.165) is 0 Å². The molecule has 0 fully saturated rings. The molecule has 3 nitrogen and oxygen atoms in total. The highest BCUT2D eigenvalue weighted by Crippen LogP contribution is 1.81. The van der Waals surface area contributed by atoms with Crippen molar-refractivity contribution in [3.05, 3.63) is 0 Å². The summed E-state index contributed by atoms with van der Waals surface area (Å²) in [5, 5.41) is 2.65. The first-order valence-corrected chi connectivity index (χ1v) is 3.59. The third-order valence-corrected chi connectivity index (χ3v) is 1.03. The maximum absolute atomic E-state index is 10.8. The van der Waals surface area contributed by atoms with Gasteiger partial charge >= 0.3 is 0 Å². The van der Waals surface area contributed by atoms with Gasteiger partial charge in [-0.3, -0.25) is 4.79 Å². The van der Waals surface area contributed by atoms with E-state index in [1.165, 1.54) is 0 Å². The zero-order valence-electron chi connectivity index (χ0n) is 6.72. The number of amides is 1. The SMILES string of the molecule is C#CCOCCC(=O)NCC. The molecule has 1 N–H and O–H groups in total. The second-order valence-corrected chi connectivity index (χ2v) is 1.96. The maximum Gasteiger partial charge on any atom is 0.222 e. The lowest BCUT2D eigenvalue weighted by Gasteiger charge is -2.00. The van der Waals surface area contributed by atoms with Crippen LogP contribution in [-0.2, 0) is 9.53 Å². The number of rotatable bonds is 5. The van der Waals surface area contributed by atoms with Crippen LogP contribution < -0.4 is 5.32 Å². The zero-order valence-corrected chi connectivity index (χ0v) is 6.72. The van der Waals surface area contributed by atoms with Crippen molar-refractivity contribution in [3.63, 3.8) is 0 Å². The lowest BCUT2D eigenvalue weighted by molar-refractivity contribution is -0.121. The summed E-state index contributed by atoms with van der Waals surface area (Å²) in [4.78, 5) is 10.8. The van der Waals surface area contributed by atoms with Crippen molar-refractivity contribution < 1.29 is 9.53 Å². The van der Waals surface area contributed by atoms with E-state index in [0.29, 0.717) is 19.6 Å². The molecule has 0 atom stereocenters. The van der Waals surface area contributed by atoms with Crippen LogP contribution in [0.1, 0.15) is 13.3 Å². The van der Waals surface area contributed by atoms with Crippen molar-refractivity contribution in [1.82, 2.24) is 5.32 Å². The van der Waals surface area contributed by atoms with E-state index in [-0.39, 0.29) is 12.5 Å². The highest BCUT2D eigenvalue weighted by atomic mass is 16.5. The Kier molecular flexibility index (Phi) is 6.45. The number of nitrogens with one attached hydrogen (secondary N) is 1. The van der Waals surface area contributed by atoms with Crippen molar-refractivity contribution in [3.8, 4) is 12.3 Å². The molecule has 0 aromatic heterocycles. The quantitative estimate of drug-likeness (QED) is 0.454. The molecule has 0 aliphatic heterocycles. The number of hydrogen-bond acceptors (Lipinski definition) is 2. The van der Waals surface area contributed by atoms with Crippen molar-refractivity contribution in [1.29, 1.82) is 0 Å². The first-order valence-electron chi connectivity index (χ1n) is 3.59. The molecule has 62 valence electrons. The monoisotopic (exact) mass is 155 g/mol. The average molecular weight is 155 g/mol. The molecule has 0 heterocycles. The van der Waals surface area contributed by atoms with Gasteiger partial charge in [0, 0.05) is 6.54 Å². The van der Waals surface area contributed by atoms with Gasteiger partial charge in [0.15, 0.2) is 0 Å². The normalized spacial score (nSPS) is 8.73. The molecule has 0 aromatic carbocycles. The lowest BCUT2D eigenvalue weighted by Crippen LogP contribution is -2.23. The van der Waals surface area contributed by atoms with E-state index in [4.69, 9.17) is 11.2 Å². The lowest BCUT2D eigenvalue weighted by atomic mass is 10.4. The molecular formula is C8H13NO2. The van der Waals surface area contributed by atoms with Crippen molar-refractivity contribution in [2.75, 3.05) is 19.8 Å². The van der Waals surface area contributed by atoms with E-state index >= 15 is 0 Å². The average Bonchev–Trinajstić information content (AvgIpc) is 1.99. The van der Waals surface area contributed by atoms with Gasteiger partial charge in [0.1, 0.15) is 6.61 Å². The fraction of sp³-hybridized carbons (Fsp3) is 0.625. The first-order chi connectivity index (χ1) is 5.31. The molecule has 0 saturated heterocycles. The third kappa shape index (κ3) is 6.88. The first kappa shape index (κ1) is 9.99. The molecule has 1 amide bonds. The number of ether oxygens (including phenoxy) is 1.